The zero-order valence-electron chi connectivity index (χ0n) is 24.6. The number of unbranched alkanes of at least 4 members (excludes halogenated alkanes) is 1. The quantitative estimate of drug-likeness (QED) is 0.250. The van der Waals surface area contributed by atoms with Crippen LogP contribution in [0.2, 0.25) is 5.02 Å². The number of sulfonamides is 1. The maximum atomic E-state index is 14.1. The van der Waals surface area contributed by atoms with E-state index in [1.165, 1.54) is 37.3 Å². The molecule has 0 aliphatic heterocycles. The second-order valence-corrected chi connectivity index (χ2v) is 12.1. The van der Waals surface area contributed by atoms with Crippen LogP contribution in [0.15, 0.2) is 71.6 Å². The van der Waals surface area contributed by atoms with Crippen molar-refractivity contribution in [1.29, 1.82) is 0 Å². The molecule has 1 N–H and O–H groups in total. The van der Waals surface area contributed by atoms with Gasteiger partial charge in [0.25, 0.3) is 10.0 Å². The number of benzene rings is 3. The summed E-state index contributed by atoms with van der Waals surface area (Å²) in [5.74, 6) is -0.234. The van der Waals surface area contributed by atoms with E-state index in [1.807, 2.05) is 13.8 Å². The van der Waals surface area contributed by atoms with Crippen LogP contribution in [0.25, 0.3) is 0 Å². The normalized spacial score (nSPS) is 11.9. The lowest BCUT2D eigenvalue weighted by Gasteiger charge is -2.32. The van der Waals surface area contributed by atoms with Gasteiger partial charge < -0.3 is 19.7 Å². The molecule has 0 heterocycles. The second-order valence-electron chi connectivity index (χ2n) is 9.80. The van der Waals surface area contributed by atoms with E-state index in [9.17, 15) is 18.0 Å². The first-order valence-corrected chi connectivity index (χ1v) is 15.5. The van der Waals surface area contributed by atoms with Crippen LogP contribution < -0.4 is 19.1 Å². The van der Waals surface area contributed by atoms with Crippen molar-refractivity contribution in [2.24, 2.45) is 0 Å². The molecular formula is C31H38ClN3O6S. The summed E-state index contributed by atoms with van der Waals surface area (Å²) in [7, 11) is -1.31. The molecule has 0 aromatic heterocycles. The highest BCUT2D eigenvalue weighted by molar-refractivity contribution is 7.92. The number of carbonyl (C=O) groups is 2. The number of methoxy groups -OCH3 is 2. The van der Waals surface area contributed by atoms with Crippen LogP contribution in [0, 0.1) is 6.92 Å². The molecule has 0 unspecified atom stereocenters. The Labute approximate surface area is 253 Å². The molecule has 0 aliphatic carbocycles. The minimum absolute atomic E-state index is 0.00518. The van der Waals surface area contributed by atoms with Crippen molar-refractivity contribution >= 4 is 39.1 Å². The molecule has 3 aromatic carbocycles. The average Bonchev–Trinajstić information content (AvgIpc) is 2.98. The molecule has 0 saturated heterocycles. The number of rotatable bonds is 14. The van der Waals surface area contributed by atoms with Gasteiger partial charge in [0, 0.05) is 24.2 Å². The van der Waals surface area contributed by atoms with E-state index < -0.39 is 28.5 Å². The van der Waals surface area contributed by atoms with Crippen LogP contribution in [0.4, 0.5) is 5.69 Å². The standard InChI is InChI=1S/C31H38ClN3O6S/c1-6-7-18-33-31(37)23(3)34(20-24-10-8-9-11-27(24)32)30(36)21-35(25-14-17-28(40-4)29(19-25)41-5)42(38,39)26-15-12-22(2)13-16-26/h8-17,19,23H,6-7,18,20-21H2,1-5H3,(H,33,37)/t23-/m0/s1. The minimum atomic E-state index is -4.23. The van der Waals surface area contributed by atoms with E-state index in [0.717, 1.165) is 22.7 Å². The van der Waals surface area contributed by atoms with E-state index in [0.29, 0.717) is 28.6 Å². The zero-order chi connectivity index (χ0) is 30.9. The van der Waals surface area contributed by atoms with Crippen molar-refractivity contribution in [3.8, 4) is 11.5 Å². The highest BCUT2D eigenvalue weighted by Gasteiger charge is 2.33. The second kappa shape index (κ2) is 14.9. The number of ether oxygens (including phenoxy) is 2. The number of nitrogens with zero attached hydrogens (tertiary/aromatic N) is 2. The molecule has 3 aromatic rings. The summed E-state index contributed by atoms with van der Waals surface area (Å²) >= 11 is 6.42. The molecule has 0 radical (unpaired) electrons. The molecule has 9 nitrogen and oxygen atoms in total. The molecule has 226 valence electrons. The predicted octanol–water partition coefficient (Wildman–Crippen LogP) is 5.19. The Kier molecular flexibility index (Phi) is 11.6. The Morgan fingerprint density at radius 1 is 0.976 bits per heavy atom. The Hall–Kier alpha value is -3.76. The van der Waals surface area contributed by atoms with Gasteiger partial charge in [0.1, 0.15) is 12.6 Å². The summed E-state index contributed by atoms with van der Waals surface area (Å²) in [5.41, 5.74) is 1.70. The SMILES string of the molecule is CCCCNC(=O)[C@H](C)N(Cc1ccccc1Cl)C(=O)CN(c1ccc(OC)c(OC)c1)S(=O)(=O)c1ccc(C)cc1. The fraction of sp³-hybridized carbons (Fsp3) is 0.355. The minimum Gasteiger partial charge on any atom is -0.493 e. The van der Waals surface area contributed by atoms with Gasteiger partial charge in [-0.3, -0.25) is 13.9 Å². The summed E-state index contributed by atoms with van der Waals surface area (Å²) in [6.07, 6.45) is 1.69. The number of anilines is 1. The highest BCUT2D eigenvalue weighted by Crippen LogP contribution is 2.34. The van der Waals surface area contributed by atoms with Gasteiger partial charge >= 0.3 is 0 Å². The number of nitrogens with one attached hydrogen (secondary N) is 1. The first-order valence-electron chi connectivity index (χ1n) is 13.7. The van der Waals surface area contributed by atoms with Crippen LogP contribution in [0.3, 0.4) is 0 Å². The van der Waals surface area contributed by atoms with Gasteiger partial charge in [-0.05, 0) is 56.2 Å². The number of halogens is 1. The van der Waals surface area contributed by atoms with E-state index in [1.54, 1.807) is 55.5 Å². The number of amides is 2. The molecule has 2 amide bonds. The molecule has 0 fully saturated rings. The molecular weight excluding hydrogens is 578 g/mol. The van der Waals surface area contributed by atoms with Gasteiger partial charge in [-0.15, -0.1) is 0 Å². The summed E-state index contributed by atoms with van der Waals surface area (Å²) in [6.45, 7) is 5.37. The van der Waals surface area contributed by atoms with Crippen LogP contribution in [-0.2, 0) is 26.2 Å². The lowest BCUT2D eigenvalue weighted by molar-refractivity contribution is -0.139. The Morgan fingerprint density at radius 2 is 1.64 bits per heavy atom. The maximum Gasteiger partial charge on any atom is 0.264 e. The molecule has 42 heavy (non-hydrogen) atoms. The third-order valence-electron chi connectivity index (χ3n) is 6.84. The van der Waals surface area contributed by atoms with Crippen molar-refractivity contribution in [3.05, 3.63) is 82.9 Å². The smallest absolute Gasteiger partial charge is 0.264 e. The Balaban J connectivity index is 2.07. The van der Waals surface area contributed by atoms with Crippen LogP contribution in [0.1, 0.15) is 37.8 Å². The van der Waals surface area contributed by atoms with Crippen molar-refractivity contribution in [2.45, 2.75) is 51.1 Å². The average molecular weight is 616 g/mol. The molecule has 11 heteroatoms. The third kappa shape index (κ3) is 7.95. The van der Waals surface area contributed by atoms with Crippen LogP contribution in [0.5, 0.6) is 11.5 Å². The highest BCUT2D eigenvalue weighted by atomic mass is 35.5. The number of aryl methyl sites for hydroxylation is 1. The van der Waals surface area contributed by atoms with Gasteiger partial charge in [0.15, 0.2) is 11.5 Å². The Bertz CT molecular complexity index is 1480. The molecule has 1 atom stereocenters. The maximum absolute atomic E-state index is 14.1. The molecule has 0 saturated carbocycles. The van der Waals surface area contributed by atoms with Gasteiger partial charge in [0.2, 0.25) is 11.8 Å². The van der Waals surface area contributed by atoms with E-state index >= 15 is 0 Å². The van der Waals surface area contributed by atoms with Gasteiger partial charge in [0.05, 0.1) is 24.8 Å². The molecule has 0 spiro atoms. The van der Waals surface area contributed by atoms with Gasteiger partial charge in [-0.1, -0.05) is 60.8 Å². The number of carbonyl (C=O) groups excluding carboxylic acids is 2. The molecule has 0 bridgehead atoms. The van der Waals surface area contributed by atoms with E-state index in [2.05, 4.69) is 5.32 Å². The fourth-order valence-corrected chi connectivity index (χ4v) is 5.88. The molecule has 3 rings (SSSR count). The molecule has 0 aliphatic rings. The third-order valence-corrected chi connectivity index (χ3v) is 9.00. The van der Waals surface area contributed by atoms with Gasteiger partial charge in [-0.2, -0.15) is 0 Å². The topological polar surface area (TPSA) is 105 Å². The van der Waals surface area contributed by atoms with E-state index in [4.69, 9.17) is 21.1 Å². The Morgan fingerprint density at radius 3 is 2.26 bits per heavy atom. The number of hydrogen-bond donors (Lipinski definition) is 1. The summed E-state index contributed by atoms with van der Waals surface area (Å²) < 4.78 is 39.8. The van der Waals surface area contributed by atoms with Crippen molar-refractivity contribution in [3.63, 3.8) is 0 Å². The summed E-state index contributed by atoms with van der Waals surface area (Å²) in [4.78, 5) is 28.5. The lowest BCUT2D eigenvalue weighted by atomic mass is 10.1. The fourth-order valence-electron chi connectivity index (χ4n) is 4.28. The predicted molar refractivity (Wildman–Crippen MR) is 165 cm³/mol. The zero-order valence-corrected chi connectivity index (χ0v) is 26.2. The number of hydrogen-bond acceptors (Lipinski definition) is 6. The van der Waals surface area contributed by atoms with Crippen molar-refractivity contribution < 1.29 is 27.5 Å². The lowest BCUT2D eigenvalue weighted by Crippen LogP contribution is -2.51. The van der Waals surface area contributed by atoms with Crippen LogP contribution in [-0.4, -0.2) is 58.5 Å². The van der Waals surface area contributed by atoms with Crippen molar-refractivity contribution in [1.82, 2.24) is 10.2 Å². The first kappa shape index (κ1) is 32.8. The summed E-state index contributed by atoms with van der Waals surface area (Å²) in [5, 5.41) is 3.29. The van der Waals surface area contributed by atoms with Crippen LogP contribution >= 0.6 is 11.6 Å². The van der Waals surface area contributed by atoms with Gasteiger partial charge in [-0.25, -0.2) is 8.42 Å². The monoisotopic (exact) mass is 615 g/mol. The van der Waals surface area contributed by atoms with Crippen molar-refractivity contribution in [2.75, 3.05) is 31.6 Å². The van der Waals surface area contributed by atoms with E-state index in [-0.39, 0.29) is 23.0 Å². The summed E-state index contributed by atoms with van der Waals surface area (Å²) in [6, 6.07) is 17.1. The first-order chi connectivity index (χ1) is 20.0. The largest absolute Gasteiger partial charge is 0.493 e.